The molecule has 0 aliphatic heterocycles. The zero-order chi connectivity index (χ0) is 13.0. The van der Waals surface area contributed by atoms with E-state index in [4.69, 9.17) is 5.26 Å². The number of amides is 1. The molecule has 17 heavy (non-hydrogen) atoms. The van der Waals surface area contributed by atoms with Gasteiger partial charge in [0.1, 0.15) is 11.9 Å². The van der Waals surface area contributed by atoms with Gasteiger partial charge in [0.25, 0.3) is 5.91 Å². The average molecular weight is 299 g/mol. The molecule has 0 saturated carbocycles. The van der Waals surface area contributed by atoms with Crippen LogP contribution in [0.3, 0.4) is 0 Å². The zero-order valence-electron chi connectivity index (χ0n) is 9.50. The predicted octanol–water partition coefficient (Wildman–Crippen LogP) is 2.87. The van der Waals surface area contributed by atoms with E-state index in [9.17, 15) is 9.18 Å². The first-order valence-electron chi connectivity index (χ1n) is 5.11. The van der Waals surface area contributed by atoms with Crippen LogP contribution in [-0.4, -0.2) is 11.9 Å². The Morgan fingerprint density at radius 1 is 1.53 bits per heavy atom. The quantitative estimate of drug-likeness (QED) is 0.933. The highest BCUT2D eigenvalue weighted by Gasteiger charge is 2.18. The van der Waals surface area contributed by atoms with Crippen LogP contribution in [0.4, 0.5) is 4.39 Å². The number of rotatable bonds is 3. The Morgan fingerprint density at radius 2 is 2.18 bits per heavy atom. The second-order valence-corrected chi connectivity index (χ2v) is 4.86. The molecule has 1 amide bonds. The molecule has 0 aliphatic carbocycles. The number of halogens is 2. The molecule has 0 aliphatic rings. The summed E-state index contributed by atoms with van der Waals surface area (Å²) < 4.78 is 14.0. The van der Waals surface area contributed by atoms with Gasteiger partial charge >= 0.3 is 0 Å². The van der Waals surface area contributed by atoms with Crippen molar-refractivity contribution in [3.05, 3.63) is 34.1 Å². The SMILES string of the molecule is CC(C)C(C#N)NC(=O)c1ccc(Br)cc1F. The molecule has 0 radical (unpaired) electrons. The van der Waals surface area contributed by atoms with Gasteiger partial charge in [0, 0.05) is 4.47 Å². The largest absolute Gasteiger partial charge is 0.336 e. The van der Waals surface area contributed by atoms with Crippen LogP contribution >= 0.6 is 15.9 Å². The number of hydrogen-bond acceptors (Lipinski definition) is 2. The monoisotopic (exact) mass is 298 g/mol. The van der Waals surface area contributed by atoms with Crippen LogP contribution in [0, 0.1) is 23.1 Å². The molecule has 1 atom stereocenters. The number of carbonyl (C=O) groups is 1. The minimum Gasteiger partial charge on any atom is -0.336 e. The number of nitrogens with one attached hydrogen (secondary N) is 1. The Kier molecular flexibility index (Phi) is 4.64. The van der Waals surface area contributed by atoms with Crippen LogP contribution in [0.25, 0.3) is 0 Å². The summed E-state index contributed by atoms with van der Waals surface area (Å²) in [4.78, 5) is 11.7. The second kappa shape index (κ2) is 5.78. The molecule has 0 bridgehead atoms. The molecule has 1 rings (SSSR count). The van der Waals surface area contributed by atoms with E-state index in [0.717, 1.165) is 0 Å². The molecule has 1 N–H and O–H groups in total. The number of hydrogen-bond donors (Lipinski definition) is 1. The van der Waals surface area contributed by atoms with Crippen molar-refractivity contribution in [2.24, 2.45) is 5.92 Å². The van der Waals surface area contributed by atoms with E-state index in [1.165, 1.54) is 12.1 Å². The molecule has 3 nitrogen and oxygen atoms in total. The van der Waals surface area contributed by atoms with Crippen molar-refractivity contribution in [2.45, 2.75) is 19.9 Å². The molecule has 5 heteroatoms. The van der Waals surface area contributed by atoms with Crippen LogP contribution < -0.4 is 5.32 Å². The van der Waals surface area contributed by atoms with Crippen molar-refractivity contribution >= 4 is 21.8 Å². The predicted molar refractivity (Wildman–Crippen MR) is 65.8 cm³/mol. The smallest absolute Gasteiger partial charge is 0.255 e. The van der Waals surface area contributed by atoms with Gasteiger partial charge in [-0.05, 0) is 24.1 Å². The first-order valence-corrected chi connectivity index (χ1v) is 5.90. The Labute approximate surface area is 108 Å². The third-order valence-corrected chi connectivity index (χ3v) is 2.76. The number of benzene rings is 1. The van der Waals surface area contributed by atoms with Crippen LogP contribution in [0.5, 0.6) is 0 Å². The third kappa shape index (κ3) is 3.53. The van der Waals surface area contributed by atoms with Gasteiger partial charge in [-0.15, -0.1) is 0 Å². The first kappa shape index (κ1) is 13.7. The van der Waals surface area contributed by atoms with Crippen LogP contribution in [0.1, 0.15) is 24.2 Å². The van der Waals surface area contributed by atoms with Crippen molar-refractivity contribution in [3.63, 3.8) is 0 Å². The molecule has 1 aromatic rings. The summed E-state index contributed by atoms with van der Waals surface area (Å²) in [5, 5.41) is 11.3. The van der Waals surface area contributed by atoms with Gasteiger partial charge in [0.2, 0.25) is 0 Å². The molecular weight excluding hydrogens is 287 g/mol. The van der Waals surface area contributed by atoms with Crippen LogP contribution in [0.2, 0.25) is 0 Å². The maximum atomic E-state index is 13.5. The Hall–Kier alpha value is -1.41. The summed E-state index contributed by atoms with van der Waals surface area (Å²) in [7, 11) is 0. The summed E-state index contributed by atoms with van der Waals surface area (Å²) >= 11 is 3.11. The summed E-state index contributed by atoms with van der Waals surface area (Å²) in [6.07, 6.45) is 0. The van der Waals surface area contributed by atoms with Crippen LogP contribution in [-0.2, 0) is 0 Å². The molecule has 1 aromatic carbocycles. The molecule has 0 spiro atoms. The third-order valence-electron chi connectivity index (χ3n) is 2.27. The number of nitriles is 1. The first-order chi connectivity index (χ1) is 7.95. The molecule has 0 heterocycles. The van der Waals surface area contributed by atoms with E-state index in [0.29, 0.717) is 4.47 Å². The zero-order valence-corrected chi connectivity index (χ0v) is 11.1. The van der Waals surface area contributed by atoms with E-state index in [1.54, 1.807) is 6.07 Å². The van der Waals surface area contributed by atoms with Gasteiger partial charge in [-0.2, -0.15) is 5.26 Å². The van der Waals surface area contributed by atoms with Crippen molar-refractivity contribution in [2.75, 3.05) is 0 Å². The maximum absolute atomic E-state index is 13.5. The van der Waals surface area contributed by atoms with Crippen molar-refractivity contribution in [1.29, 1.82) is 5.26 Å². The fourth-order valence-corrected chi connectivity index (χ4v) is 1.57. The lowest BCUT2D eigenvalue weighted by Gasteiger charge is -2.15. The molecule has 90 valence electrons. The van der Waals surface area contributed by atoms with E-state index >= 15 is 0 Å². The lowest BCUT2D eigenvalue weighted by atomic mass is 10.1. The second-order valence-electron chi connectivity index (χ2n) is 3.95. The lowest BCUT2D eigenvalue weighted by molar-refractivity contribution is 0.0933. The van der Waals surface area contributed by atoms with Gasteiger partial charge in [-0.1, -0.05) is 29.8 Å². The van der Waals surface area contributed by atoms with Crippen molar-refractivity contribution < 1.29 is 9.18 Å². The van der Waals surface area contributed by atoms with Gasteiger partial charge in [0.15, 0.2) is 0 Å². The number of carbonyl (C=O) groups excluding carboxylic acids is 1. The minimum atomic E-state index is -0.620. The maximum Gasteiger partial charge on any atom is 0.255 e. The van der Waals surface area contributed by atoms with Crippen LogP contribution in [0.15, 0.2) is 22.7 Å². The summed E-state index contributed by atoms with van der Waals surface area (Å²) in [5.74, 6) is -1.21. The Balaban J connectivity index is 2.87. The molecule has 0 fully saturated rings. The minimum absolute atomic E-state index is 0.0255. The van der Waals surface area contributed by atoms with Gasteiger partial charge in [-0.3, -0.25) is 4.79 Å². The number of nitrogens with zero attached hydrogens (tertiary/aromatic N) is 1. The van der Waals surface area contributed by atoms with E-state index in [1.807, 2.05) is 19.9 Å². The lowest BCUT2D eigenvalue weighted by Crippen LogP contribution is -2.37. The van der Waals surface area contributed by atoms with Crippen molar-refractivity contribution in [3.8, 4) is 6.07 Å². The standard InChI is InChI=1S/C12H12BrFN2O/c1-7(2)11(6-15)16-12(17)9-4-3-8(13)5-10(9)14/h3-5,7,11H,1-2H3,(H,16,17). The molecular formula is C12H12BrFN2O. The fraction of sp³-hybridized carbons (Fsp3) is 0.333. The summed E-state index contributed by atoms with van der Waals surface area (Å²) in [6.45, 7) is 3.62. The highest BCUT2D eigenvalue weighted by molar-refractivity contribution is 9.10. The molecule has 1 unspecified atom stereocenters. The highest BCUT2D eigenvalue weighted by atomic mass is 79.9. The highest BCUT2D eigenvalue weighted by Crippen LogP contribution is 2.15. The van der Waals surface area contributed by atoms with E-state index < -0.39 is 17.8 Å². The topological polar surface area (TPSA) is 52.9 Å². The summed E-state index contributed by atoms with van der Waals surface area (Å²) in [5.41, 5.74) is -0.0610. The molecule has 0 saturated heterocycles. The van der Waals surface area contributed by atoms with Gasteiger partial charge in [-0.25, -0.2) is 4.39 Å². The average Bonchev–Trinajstić information content (AvgIpc) is 2.24. The normalized spacial score (nSPS) is 12.0. The Morgan fingerprint density at radius 3 is 2.65 bits per heavy atom. The molecule has 0 aromatic heterocycles. The van der Waals surface area contributed by atoms with Gasteiger partial charge < -0.3 is 5.32 Å². The fourth-order valence-electron chi connectivity index (χ4n) is 1.24. The van der Waals surface area contributed by atoms with Gasteiger partial charge in [0.05, 0.1) is 11.6 Å². The van der Waals surface area contributed by atoms with E-state index in [2.05, 4.69) is 21.2 Å². The van der Waals surface area contributed by atoms with E-state index in [-0.39, 0.29) is 11.5 Å². The van der Waals surface area contributed by atoms with Crippen molar-refractivity contribution in [1.82, 2.24) is 5.32 Å². The Bertz CT molecular complexity index is 468. The summed E-state index contributed by atoms with van der Waals surface area (Å²) in [6, 6.07) is 5.52.